The zero-order valence-electron chi connectivity index (χ0n) is 11.4. The fourth-order valence-electron chi connectivity index (χ4n) is 5.17. The van der Waals surface area contributed by atoms with Crippen LogP contribution in [0.2, 0.25) is 0 Å². The predicted molar refractivity (Wildman–Crippen MR) is 78.1 cm³/mol. The van der Waals surface area contributed by atoms with E-state index in [9.17, 15) is 0 Å². The molecule has 4 saturated carbocycles. The quantitative estimate of drug-likeness (QED) is 0.665. The third-order valence-electron chi connectivity index (χ3n) is 5.44. The maximum atomic E-state index is 5.99. The van der Waals surface area contributed by atoms with E-state index in [-0.39, 0.29) is 5.41 Å². The number of nitrogens with zero attached hydrogens (tertiary/aromatic N) is 2. The number of thioether (sulfide) groups is 1. The SMILES string of the molecule is CSc1cc(N)nc(C23CC4CC(CC(C4)C2)C3)n1. The topological polar surface area (TPSA) is 51.8 Å². The Kier molecular flexibility index (Phi) is 2.60. The van der Waals surface area contributed by atoms with Gasteiger partial charge < -0.3 is 5.73 Å². The molecule has 0 atom stereocenters. The van der Waals surface area contributed by atoms with Gasteiger partial charge in [0, 0.05) is 11.5 Å². The highest BCUT2D eigenvalue weighted by Gasteiger charge is 2.53. The maximum Gasteiger partial charge on any atom is 0.138 e. The molecule has 0 saturated heterocycles. The van der Waals surface area contributed by atoms with Crippen LogP contribution in [0.1, 0.15) is 44.3 Å². The van der Waals surface area contributed by atoms with E-state index in [0.29, 0.717) is 5.82 Å². The largest absolute Gasteiger partial charge is 0.384 e. The standard InChI is InChI=1S/C15H21N3S/c1-19-13-5-12(16)17-14(18-13)15-6-9-2-10(7-15)4-11(3-9)8-15/h5,9-11H,2-4,6-8H2,1H3,(H2,16,17,18). The summed E-state index contributed by atoms with van der Waals surface area (Å²) in [5, 5.41) is 1.03. The van der Waals surface area contributed by atoms with Crippen LogP contribution in [0.25, 0.3) is 0 Å². The molecule has 1 heterocycles. The van der Waals surface area contributed by atoms with Crippen molar-refractivity contribution in [3.63, 3.8) is 0 Å². The fourth-order valence-corrected chi connectivity index (χ4v) is 5.59. The molecule has 5 rings (SSSR count). The van der Waals surface area contributed by atoms with Gasteiger partial charge in [0.2, 0.25) is 0 Å². The monoisotopic (exact) mass is 275 g/mol. The average Bonchev–Trinajstić information content (AvgIpc) is 2.36. The molecule has 4 aliphatic rings. The van der Waals surface area contributed by atoms with E-state index in [1.807, 2.05) is 6.07 Å². The van der Waals surface area contributed by atoms with Gasteiger partial charge in [-0.25, -0.2) is 9.97 Å². The van der Waals surface area contributed by atoms with Crippen LogP contribution in [0.15, 0.2) is 11.1 Å². The molecule has 0 amide bonds. The van der Waals surface area contributed by atoms with Crippen LogP contribution >= 0.6 is 11.8 Å². The summed E-state index contributed by atoms with van der Waals surface area (Å²) in [4.78, 5) is 9.44. The van der Waals surface area contributed by atoms with E-state index >= 15 is 0 Å². The van der Waals surface area contributed by atoms with E-state index in [4.69, 9.17) is 10.7 Å². The zero-order chi connectivity index (χ0) is 13.0. The molecule has 4 fully saturated rings. The van der Waals surface area contributed by atoms with Gasteiger partial charge in [0.05, 0.1) is 0 Å². The van der Waals surface area contributed by atoms with Gasteiger partial charge in [-0.1, -0.05) is 0 Å². The first-order valence-electron chi connectivity index (χ1n) is 7.36. The molecule has 102 valence electrons. The summed E-state index contributed by atoms with van der Waals surface area (Å²) in [6.45, 7) is 0. The van der Waals surface area contributed by atoms with Crippen LogP contribution in [-0.4, -0.2) is 16.2 Å². The minimum absolute atomic E-state index is 0.259. The van der Waals surface area contributed by atoms with E-state index in [2.05, 4.69) is 11.2 Å². The highest BCUT2D eigenvalue weighted by molar-refractivity contribution is 7.98. The van der Waals surface area contributed by atoms with Crippen molar-refractivity contribution in [1.29, 1.82) is 0 Å². The number of hydrogen-bond donors (Lipinski definition) is 1. The van der Waals surface area contributed by atoms with Crippen LogP contribution in [0.4, 0.5) is 5.82 Å². The lowest BCUT2D eigenvalue weighted by Crippen LogP contribution is -2.49. The minimum atomic E-state index is 0.259. The Morgan fingerprint density at radius 1 is 1.11 bits per heavy atom. The summed E-state index contributed by atoms with van der Waals surface area (Å²) in [6, 6.07) is 1.90. The van der Waals surface area contributed by atoms with Crippen molar-refractivity contribution >= 4 is 17.6 Å². The molecule has 0 unspecified atom stereocenters. The Balaban J connectivity index is 1.77. The van der Waals surface area contributed by atoms with E-state index < -0.39 is 0 Å². The van der Waals surface area contributed by atoms with E-state index in [0.717, 1.165) is 28.6 Å². The first kappa shape index (κ1) is 12.0. The van der Waals surface area contributed by atoms with Crippen molar-refractivity contribution in [3.05, 3.63) is 11.9 Å². The normalized spacial score (nSPS) is 39.7. The van der Waals surface area contributed by atoms with Crippen molar-refractivity contribution in [2.45, 2.75) is 49.0 Å². The van der Waals surface area contributed by atoms with Crippen molar-refractivity contribution < 1.29 is 0 Å². The maximum absolute atomic E-state index is 5.99. The molecule has 0 aliphatic heterocycles. The van der Waals surface area contributed by atoms with Crippen LogP contribution in [0.3, 0.4) is 0 Å². The van der Waals surface area contributed by atoms with Gasteiger partial charge in [-0.15, -0.1) is 11.8 Å². The number of anilines is 1. The summed E-state index contributed by atoms with van der Waals surface area (Å²) in [7, 11) is 0. The number of nitrogens with two attached hydrogens (primary N) is 1. The Hall–Kier alpha value is -0.770. The van der Waals surface area contributed by atoms with E-state index in [1.165, 1.54) is 38.5 Å². The van der Waals surface area contributed by atoms with Crippen molar-refractivity contribution in [3.8, 4) is 0 Å². The summed E-state index contributed by atoms with van der Waals surface area (Å²) in [5.74, 6) is 4.47. The molecular weight excluding hydrogens is 254 g/mol. The Morgan fingerprint density at radius 3 is 2.21 bits per heavy atom. The fraction of sp³-hybridized carbons (Fsp3) is 0.733. The van der Waals surface area contributed by atoms with Crippen molar-refractivity contribution in [2.24, 2.45) is 17.8 Å². The third kappa shape index (κ3) is 1.87. The van der Waals surface area contributed by atoms with Crippen molar-refractivity contribution in [1.82, 2.24) is 9.97 Å². The molecule has 4 aliphatic carbocycles. The predicted octanol–water partition coefficient (Wildman–Crippen LogP) is 3.25. The number of aromatic nitrogens is 2. The molecule has 19 heavy (non-hydrogen) atoms. The van der Waals surface area contributed by atoms with Crippen LogP contribution in [0, 0.1) is 17.8 Å². The lowest BCUT2D eigenvalue weighted by Gasteiger charge is -2.56. The number of rotatable bonds is 2. The van der Waals surface area contributed by atoms with Crippen molar-refractivity contribution in [2.75, 3.05) is 12.0 Å². The first-order valence-corrected chi connectivity index (χ1v) is 8.58. The Morgan fingerprint density at radius 2 is 1.68 bits per heavy atom. The molecule has 3 nitrogen and oxygen atoms in total. The second-order valence-electron chi connectivity index (χ2n) is 6.86. The zero-order valence-corrected chi connectivity index (χ0v) is 12.2. The lowest BCUT2D eigenvalue weighted by molar-refractivity contribution is -0.00960. The van der Waals surface area contributed by atoms with Gasteiger partial charge >= 0.3 is 0 Å². The minimum Gasteiger partial charge on any atom is -0.384 e. The molecule has 2 N–H and O–H groups in total. The highest BCUT2D eigenvalue weighted by Crippen LogP contribution is 2.60. The first-order chi connectivity index (χ1) is 9.17. The Labute approximate surface area is 118 Å². The summed E-state index contributed by atoms with van der Waals surface area (Å²) < 4.78 is 0. The average molecular weight is 275 g/mol. The van der Waals surface area contributed by atoms with Crippen LogP contribution in [-0.2, 0) is 5.41 Å². The number of hydrogen-bond acceptors (Lipinski definition) is 4. The van der Waals surface area contributed by atoms with Gasteiger partial charge in [-0.05, 0) is 62.5 Å². The van der Waals surface area contributed by atoms with Gasteiger partial charge in [-0.3, -0.25) is 0 Å². The van der Waals surface area contributed by atoms with Gasteiger partial charge in [0.15, 0.2) is 0 Å². The van der Waals surface area contributed by atoms with Gasteiger partial charge in [0.1, 0.15) is 16.7 Å². The molecule has 1 aromatic heterocycles. The molecule has 1 aromatic rings. The van der Waals surface area contributed by atoms with Crippen LogP contribution in [0.5, 0.6) is 0 Å². The summed E-state index contributed by atoms with van der Waals surface area (Å²) in [5.41, 5.74) is 6.25. The Bertz CT molecular complexity index is 479. The van der Waals surface area contributed by atoms with Gasteiger partial charge in [-0.2, -0.15) is 0 Å². The smallest absolute Gasteiger partial charge is 0.138 e. The van der Waals surface area contributed by atoms with Gasteiger partial charge in [0.25, 0.3) is 0 Å². The molecular formula is C15H21N3S. The number of nitrogen functional groups attached to an aromatic ring is 1. The molecule has 0 radical (unpaired) electrons. The second kappa shape index (κ2) is 4.11. The highest BCUT2D eigenvalue weighted by atomic mass is 32.2. The van der Waals surface area contributed by atoms with E-state index in [1.54, 1.807) is 11.8 Å². The molecule has 4 heteroatoms. The molecule has 0 spiro atoms. The second-order valence-corrected chi connectivity index (χ2v) is 7.68. The van der Waals surface area contributed by atoms with Crippen LogP contribution < -0.4 is 5.73 Å². The lowest BCUT2D eigenvalue weighted by atomic mass is 9.49. The summed E-state index contributed by atoms with van der Waals surface area (Å²) in [6.07, 6.45) is 10.3. The molecule has 0 aromatic carbocycles. The summed E-state index contributed by atoms with van der Waals surface area (Å²) >= 11 is 1.67. The third-order valence-corrected chi connectivity index (χ3v) is 6.07. The molecule has 4 bridgehead atoms.